The summed E-state index contributed by atoms with van der Waals surface area (Å²) in [5, 5.41) is 0. The second-order valence-corrected chi connectivity index (χ2v) is 6.24. The zero-order chi connectivity index (χ0) is 16.1. The molecule has 0 saturated carbocycles. The van der Waals surface area contributed by atoms with E-state index in [1.54, 1.807) is 0 Å². The molecule has 22 heavy (non-hydrogen) atoms. The van der Waals surface area contributed by atoms with Crippen molar-refractivity contribution >= 4 is 0 Å². The molecule has 0 aliphatic carbocycles. The molecule has 0 N–H and O–H groups in total. The molecule has 0 aromatic rings. The van der Waals surface area contributed by atoms with Crippen molar-refractivity contribution in [3.8, 4) is 23.7 Å². The van der Waals surface area contributed by atoms with Crippen molar-refractivity contribution in [1.29, 1.82) is 0 Å². The predicted octanol–water partition coefficient (Wildman–Crippen LogP) is 7.27. The maximum Gasteiger partial charge on any atom is 0.00886 e. The third-order valence-electron chi connectivity index (χ3n) is 3.91. The molecule has 0 unspecified atom stereocenters. The highest BCUT2D eigenvalue weighted by Gasteiger charge is 1.89. The summed E-state index contributed by atoms with van der Waals surface area (Å²) in [5.41, 5.74) is 0. The van der Waals surface area contributed by atoms with Crippen molar-refractivity contribution in [2.45, 2.75) is 117 Å². The monoisotopic (exact) mass is 302 g/mol. The number of rotatable bonds is 13. The normalized spacial score (nSPS) is 9.73. The van der Waals surface area contributed by atoms with Crippen LogP contribution in [0.25, 0.3) is 0 Å². The molecule has 0 heterocycles. The fourth-order valence-electron chi connectivity index (χ4n) is 2.39. The van der Waals surface area contributed by atoms with E-state index in [9.17, 15) is 0 Å². The van der Waals surface area contributed by atoms with Crippen molar-refractivity contribution in [3.63, 3.8) is 0 Å². The van der Waals surface area contributed by atoms with Crippen LogP contribution >= 0.6 is 0 Å². The standard InChI is InChI=1S/C22H38/c1-3-5-7-9-11-13-15-17-19-21-22-20-18-16-14-12-10-8-6-4-2/h3-9,11,13-16,18,20-22H2,1-2H3. The van der Waals surface area contributed by atoms with Gasteiger partial charge in [-0.1, -0.05) is 65.2 Å². The predicted molar refractivity (Wildman–Crippen MR) is 101 cm³/mol. The third-order valence-corrected chi connectivity index (χ3v) is 3.91. The highest BCUT2D eigenvalue weighted by molar-refractivity contribution is 4.99. The average Bonchev–Trinajstić information content (AvgIpc) is 2.54. The molecule has 0 fully saturated rings. The highest BCUT2D eigenvalue weighted by Crippen LogP contribution is 2.07. The molecule has 0 heteroatoms. The summed E-state index contributed by atoms with van der Waals surface area (Å²) >= 11 is 0. The topological polar surface area (TPSA) is 0 Å². The maximum absolute atomic E-state index is 3.33. The van der Waals surface area contributed by atoms with Gasteiger partial charge in [-0.2, -0.15) is 0 Å². The fraction of sp³-hybridized carbons (Fsp3) is 0.818. The molecule has 0 aliphatic rings. The lowest BCUT2D eigenvalue weighted by molar-refractivity contribution is 0.613. The second-order valence-electron chi connectivity index (χ2n) is 6.24. The summed E-state index contributed by atoms with van der Waals surface area (Å²) < 4.78 is 0. The van der Waals surface area contributed by atoms with Gasteiger partial charge in [-0.25, -0.2) is 0 Å². The number of unbranched alkanes of at least 4 members (excludes halogenated alkanes) is 13. The van der Waals surface area contributed by atoms with E-state index < -0.39 is 0 Å². The maximum atomic E-state index is 3.33. The Morgan fingerprint density at radius 2 is 0.682 bits per heavy atom. The van der Waals surface area contributed by atoms with Crippen molar-refractivity contribution in [2.24, 2.45) is 0 Å². The van der Waals surface area contributed by atoms with Crippen molar-refractivity contribution in [2.75, 3.05) is 0 Å². The SMILES string of the molecule is CCCCC#CCCCCCCC#CCCCCCCCC. The van der Waals surface area contributed by atoms with Crippen LogP contribution in [0, 0.1) is 23.7 Å². The minimum atomic E-state index is 1.09. The molecule has 0 radical (unpaired) electrons. The summed E-state index contributed by atoms with van der Waals surface area (Å²) in [6.07, 6.45) is 20.3. The Labute approximate surface area is 140 Å². The zero-order valence-corrected chi connectivity index (χ0v) is 15.3. The van der Waals surface area contributed by atoms with Crippen LogP contribution in [0.4, 0.5) is 0 Å². The van der Waals surface area contributed by atoms with Gasteiger partial charge in [0.25, 0.3) is 0 Å². The van der Waals surface area contributed by atoms with Gasteiger partial charge in [-0.15, -0.1) is 23.7 Å². The molecule has 126 valence electrons. The Hall–Kier alpha value is -0.880. The van der Waals surface area contributed by atoms with Gasteiger partial charge in [-0.05, 0) is 25.7 Å². The highest BCUT2D eigenvalue weighted by atomic mass is 13.9. The molecule has 0 amide bonds. The summed E-state index contributed by atoms with van der Waals surface area (Å²) in [6.45, 7) is 4.49. The van der Waals surface area contributed by atoms with E-state index in [1.807, 2.05) is 0 Å². The first-order valence-corrected chi connectivity index (χ1v) is 9.83. The largest absolute Gasteiger partial charge is 0.103 e. The van der Waals surface area contributed by atoms with Crippen molar-refractivity contribution < 1.29 is 0 Å². The zero-order valence-electron chi connectivity index (χ0n) is 15.3. The molecule has 0 bridgehead atoms. The Kier molecular flexibility index (Phi) is 19.3. The Bertz CT molecular complexity index is 317. The van der Waals surface area contributed by atoms with Crippen LogP contribution in [0.5, 0.6) is 0 Å². The fourth-order valence-corrected chi connectivity index (χ4v) is 2.39. The van der Waals surface area contributed by atoms with Crippen LogP contribution in [0.15, 0.2) is 0 Å². The Morgan fingerprint density at radius 3 is 1.09 bits per heavy atom. The second kappa shape index (κ2) is 20.1. The Balaban J connectivity index is 3.16. The first kappa shape index (κ1) is 21.1. The molecule has 0 rings (SSSR count). The molecule has 0 aliphatic heterocycles. The molecule has 0 aromatic heterocycles. The minimum Gasteiger partial charge on any atom is -0.103 e. The number of hydrogen-bond acceptors (Lipinski definition) is 0. The van der Waals surface area contributed by atoms with E-state index >= 15 is 0 Å². The van der Waals surface area contributed by atoms with Crippen molar-refractivity contribution in [1.82, 2.24) is 0 Å². The van der Waals surface area contributed by atoms with Gasteiger partial charge in [0.2, 0.25) is 0 Å². The van der Waals surface area contributed by atoms with Crippen LogP contribution in [0.2, 0.25) is 0 Å². The lowest BCUT2D eigenvalue weighted by Crippen LogP contribution is -1.79. The molecule has 0 nitrogen and oxygen atoms in total. The van der Waals surface area contributed by atoms with Crippen LogP contribution in [0.3, 0.4) is 0 Å². The first-order chi connectivity index (χ1) is 10.9. The van der Waals surface area contributed by atoms with E-state index in [0.717, 1.165) is 25.7 Å². The molecule has 0 saturated heterocycles. The molecular formula is C22H38. The lowest BCUT2D eigenvalue weighted by Gasteiger charge is -1.96. The van der Waals surface area contributed by atoms with E-state index in [-0.39, 0.29) is 0 Å². The van der Waals surface area contributed by atoms with Gasteiger partial charge in [0.05, 0.1) is 0 Å². The van der Waals surface area contributed by atoms with Crippen molar-refractivity contribution in [3.05, 3.63) is 0 Å². The van der Waals surface area contributed by atoms with E-state index in [0.29, 0.717) is 0 Å². The Morgan fingerprint density at radius 1 is 0.364 bits per heavy atom. The summed E-state index contributed by atoms with van der Waals surface area (Å²) in [4.78, 5) is 0. The van der Waals surface area contributed by atoms with Crippen LogP contribution < -0.4 is 0 Å². The molecule has 0 atom stereocenters. The van der Waals surface area contributed by atoms with Gasteiger partial charge in [-0.3, -0.25) is 0 Å². The van der Waals surface area contributed by atoms with Crippen LogP contribution in [-0.2, 0) is 0 Å². The van der Waals surface area contributed by atoms with Crippen LogP contribution in [0.1, 0.15) is 117 Å². The number of hydrogen-bond donors (Lipinski definition) is 0. The molecular weight excluding hydrogens is 264 g/mol. The third kappa shape index (κ3) is 19.1. The minimum absolute atomic E-state index is 1.09. The van der Waals surface area contributed by atoms with Gasteiger partial charge >= 0.3 is 0 Å². The summed E-state index contributed by atoms with van der Waals surface area (Å²) in [6, 6.07) is 0. The smallest absolute Gasteiger partial charge is 0.00886 e. The molecule has 0 aromatic carbocycles. The van der Waals surface area contributed by atoms with Crippen LogP contribution in [-0.4, -0.2) is 0 Å². The van der Waals surface area contributed by atoms with Gasteiger partial charge < -0.3 is 0 Å². The van der Waals surface area contributed by atoms with E-state index in [4.69, 9.17) is 0 Å². The first-order valence-electron chi connectivity index (χ1n) is 9.83. The molecule has 0 spiro atoms. The quantitative estimate of drug-likeness (QED) is 0.248. The van der Waals surface area contributed by atoms with E-state index in [2.05, 4.69) is 37.5 Å². The van der Waals surface area contributed by atoms with Gasteiger partial charge in [0.15, 0.2) is 0 Å². The van der Waals surface area contributed by atoms with Gasteiger partial charge in [0.1, 0.15) is 0 Å². The van der Waals surface area contributed by atoms with Gasteiger partial charge in [0, 0.05) is 25.7 Å². The summed E-state index contributed by atoms with van der Waals surface area (Å²) in [7, 11) is 0. The average molecular weight is 303 g/mol. The summed E-state index contributed by atoms with van der Waals surface area (Å²) in [5.74, 6) is 13.2. The van der Waals surface area contributed by atoms with E-state index in [1.165, 1.54) is 77.0 Å². The lowest BCUT2D eigenvalue weighted by atomic mass is 10.1.